The Bertz CT molecular complexity index is 155. The van der Waals surface area contributed by atoms with E-state index in [4.69, 9.17) is 4.74 Å². The van der Waals surface area contributed by atoms with Gasteiger partial charge in [0.2, 0.25) is 0 Å². The normalized spacial score (nSPS) is 14.1. The molecule has 2 heteroatoms. The second-order valence-electron chi connectivity index (χ2n) is 4.93. The molecule has 98 valence electrons. The lowest BCUT2D eigenvalue weighted by atomic mass is 9.70. The largest absolute Gasteiger partial charge is 0.385 e. The van der Waals surface area contributed by atoms with Crippen LogP contribution in [0.25, 0.3) is 0 Å². The molecule has 0 bridgehead atoms. The molecule has 0 spiro atoms. The topological polar surface area (TPSA) is 21.3 Å². The number of hydrogen-bond donors (Lipinski definition) is 1. The summed E-state index contributed by atoms with van der Waals surface area (Å²) in [4.78, 5) is 0. The van der Waals surface area contributed by atoms with Crippen LogP contribution < -0.4 is 5.32 Å². The van der Waals surface area contributed by atoms with Crippen molar-refractivity contribution in [2.24, 2.45) is 11.3 Å². The van der Waals surface area contributed by atoms with E-state index in [9.17, 15) is 0 Å². The van der Waals surface area contributed by atoms with Crippen molar-refractivity contribution in [2.45, 2.75) is 53.4 Å². The summed E-state index contributed by atoms with van der Waals surface area (Å²) in [6, 6.07) is 0. The molecule has 16 heavy (non-hydrogen) atoms. The monoisotopic (exact) mass is 229 g/mol. The summed E-state index contributed by atoms with van der Waals surface area (Å²) in [5.74, 6) is 0.729. The average Bonchev–Trinajstić information content (AvgIpc) is 2.32. The predicted molar refractivity (Wildman–Crippen MR) is 71.8 cm³/mol. The first kappa shape index (κ1) is 15.9. The van der Waals surface area contributed by atoms with Gasteiger partial charge in [0.15, 0.2) is 0 Å². The SMILES string of the molecule is CCCNCC(CC)(CC)C(C)CCOC. The summed E-state index contributed by atoms with van der Waals surface area (Å²) in [5.41, 5.74) is 0.452. The number of hydrogen-bond acceptors (Lipinski definition) is 2. The van der Waals surface area contributed by atoms with Crippen LogP contribution in [0, 0.1) is 11.3 Å². The first-order chi connectivity index (χ1) is 7.66. The summed E-state index contributed by atoms with van der Waals surface area (Å²) in [7, 11) is 1.79. The molecule has 0 saturated heterocycles. The fourth-order valence-electron chi connectivity index (χ4n) is 2.49. The Hall–Kier alpha value is -0.0800. The van der Waals surface area contributed by atoms with Crippen LogP contribution in [-0.4, -0.2) is 26.8 Å². The van der Waals surface area contributed by atoms with E-state index in [0.717, 1.165) is 25.6 Å². The predicted octanol–water partition coefficient (Wildman–Crippen LogP) is 3.47. The van der Waals surface area contributed by atoms with Gasteiger partial charge in [-0.2, -0.15) is 0 Å². The molecule has 0 aliphatic rings. The molecule has 0 aliphatic heterocycles. The molecule has 0 aromatic heterocycles. The highest BCUT2D eigenvalue weighted by Crippen LogP contribution is 2.36. The second kappa shape index (κ2) is 9.00. The molecule has 1 atom stereocenters. The molecule has 0 amide bonds. The van der Waals surface area contributed by atoms with E-state index < -0.39 is 0 Å². The molecule has 1 unspecified atom stereocenters. The Morgan fingerprint density at radius 3 is 2.25 bits per heavy atom. The summed E-state index contributed by atoms with van der Waals surface area (Å²) < 4.78 is 5.20. The smallest absolute Gasteiger partial charge is 0.0465 e. The van der Waals surface area contributed by atoms with Crippen LogP contribution in [0.1, 0.15) is 53.4 Å². The molecule has 0 saturated carbocycles. The van der Waals surface area contributed by atoms with Crippen molar-refractivity contribution in [1.82, 2.24) is 5.32 Å². The lowest BCUT2D eigenvalue weighted by molar-refractivity contribution is 0.103. The van der Waals surface area contributed by atoms with E-state index in [1.165, 1.54) is 25.7 Å². The van der Waals surface area contributed by atoms with Crippen LogP contribution in [0.2, 0.25) is 0 Å². The van der Waals surface area contributed by atoms with Crippen LogP contribution in [0.3, 0.4) is 0 Å². The van der Waals surface area contributed by atoms with Crippen LogP contribution in [0.4, 0.5) is 0 Å². The van der Waals surface area contributed by atoms with E-state index in [1.54, 1.807) is 7.11 Å². The van der Waals surface area contributed by atoms with Crippen molar-refractivity contribution >= 4 is 0 Å². The van der Waals surface area contributed by atoms with Crippen LogP contribution in [0.15, 0.2) is 0 Å². The van der Waals surface area contributed by atoms with E-state index >= 15 is 0 Å². The molecule has 0 aliphatic carbocycles. The fraction of sp³-hybridized carbons (Fsp3) is 1.00. The van der Waals surface area contributed by atoms with Crippen molar-refractivity contribution < 1.29 is 4.74 Å². The van der Waals surface area contributed by atoms with Gasteiger partial charge in [0.05, 0.1) is 0 Å². The molecule has 0 radical (unpaired) electrons. The third-order valence-electron chi connectivity index (χ3n) is 4.11. The zero-order chi connectivity index (χ0) is 12.4. The second-order valence-corrected chi connectivity index (χ2v) is 4.93. The van der Waals surface area contributed by atoms with E-state index in [2.05, 4.69) is 33.0 Å². The number of ether oxygens (including phenoxy) is 1. The molecule has 0 rings (SSSR count). The molecule has 2 nitrogen and oxygen atoms in total. The van der Waals surface area contributed by atoms with Crippen LogP contribution in [-0.2, 0) is 4.74 Å². The van der Waals surface area contributed by atoms with Gasteiger partial charge in [0.1, 0.15) is 0 Å². The van der Waals surface area contributed by atoms with E-state index in [-0.39, 0.29) is 0 Å². The van der Waals surface area contributed by atoms with Crippen molar-refractivity contribution in [1.29, 1.82) is 0 Å². The van der Waals surface area contributed by atoms with Gasteiger partial charge in [-0.05, 0) is 43.6 Å². The summed E-state index contributed by atoms with van der Waals surface area (Å²) in [6.07, 6.45) is 4.90. The summed E-state index contributed by atoms with van der Waals surface area (Å²) in [6.45, 7) is 12.4. The van der Waals surface area contributed by atoms with Gasteiger partial charge in [-0.3, -0.25) is 0 Å². The molecular formula is C14H31NO. The third-order valence-corrected chi connectivity index (χ3v) is 4.11. The molecule has 0 aromatic rings. The van der Waals surface area contributed by atoms with Gasteiger partial charge >= 0.3 is 0 Å². The first-order valence-corrected chi connectivity index (χ1v) is 6.86. The Balaban J connectivity index is 4.28. The van der Waals surface area contributed by atoms with Gasteiger partial charge in [-0.15, -0.1) is 0 Å². The van der Waals surface area contributed by atoms with E-state index in [0.29, 0.717) is 5.41 Å². The number of rotatable bonds is 10. The first-order valence-electron chi connectivity index (χ1n) is 6.86. The highest BCUT2D eigenvalue weighted by atomic mass is 16.5. The lowest BCUT2D eigenvalue weighted by Crippen LogP contribution is -2.39. The molecule has 1 N–H and O–H groups in total. The highest BCUT2D eigenvalue weighted by Gasteiger charge is 2.31. The average molecular weight is 229 g/mol. The van der Waals surface area contributed by atoms with Crippen molar-refractivity contribution in [3.8, 4) is 0 Å². The van der Waals surface area contributed by atoms with Crippen LogP contribution in [0.5, 0.6) is 0 Å². The minimum absolute atomic E-state index is 0.452. The molecule has 0 aromatic carbocycles. The summed E-state index contributed by atoms with van der Waals surface area (Å²) in [5, 5.41) is 3.59. The number of methoxy groups -OCH3 is 1. The molecule has 0 fully saturated rings. The Labute approximate surface area is 102 Å². The quantitative estimate of drug-likeness (QED) is 0.579. The van der Waals surface area contributed by atoms with Crippen LogP contribution >= 0.6 is 0 Å². The number of nitrogens with one attached hydrogen (secondary N) is 1. The Kier molecular flexibility index (Phi) is 8.96. The fourth-order valence-corrected chi connectivity index (χ4v) is 2.49. The minimum atomic E-state index is 0.452. The maximum absolute atomic E-state index is 5.20. The van der Waals surface area contributed by atoms with Gasteiger partial charge in [0.25, 0.3) is 0 Å². The lowest BCUT2D eigenvalue weighted by Gasteiger charge is -2.38. The highest BCUT2D eigenvalue weighted by molar-refractivity contribution is 4.84. The third kappa shape index (κ3) is 4.84. The Morgan fingerprint density at radius 2 is 1.81 bits per heavy atom. The van der Waals surface area contributed by atoms with E-state index in [1.807, 2.05) is 0 Å². The van der Waals surface area contributed by atoms with Gasteiger partial charge in [-0.25, -0.2) is 0 Å². The zero-order valence-electron chi connectivity index (χ0n) is 11.9. The van der Waals surface area contributed by atoms with Gasteiger partial charge in [0, 0.05) is 20.3 Å². The van der Waals surface area contributed by atoms with Crippen molar-refractivity contribution in [2.75, 3.05) is 26.8 Å². The minimum Gasteiger partial charge on any atom is -0.385 e. The van der Waals surface area contributed by atoms with Crippen molar-refractivity contribution in [3.05, 3.63) is 0 Å². The zero-order valence-corrected chi connectivity index (χ0v) is 11.9. The standard InChI is InChI=1S/C14H31NO/c1-6-10-15-12-14(7-2,8-3)13(4)9-11-16-5/h13,15H,6-12H2,1-5H3. The summed E-state index contributed by atoms with van der Waals surface area (Å²) >= 11 is 0. The maximum atomic E-state index is 5.20. The van der Waals surface area contributed by atoms with Gasteiger partial charge < -0.3 is 10.1 Å². The Morgan fingerprint density at radius 1 is 1.19 bits per heavy atom. The maximum Gasteiger partial charge on any atom is 0.0465 e. The molecular weight excluding hydrogens is 198 g/mol. The molecule has 0 heterocycles. The van der Waals surface area contributed by atoms with Gasteiger partial charge in [-0.1, -0.05) is 27.7 Å². The van der Waals surface area contributed by atoms with Crippen molar-refractivity contribution in [3.63, 3.8) is 0 Å².